The molecule has 2 aromatic carbocycles. The monoisotopic (exact) mass is 487 g/mol. The fraction of sp³-hybridized carbons (Fsp3) is 0.286. The summed E-state index contributed by atoms with van der Waals surface area (Å²) in [6.07, 6.45) is 4.24. The van der Waals surface area contributed by atoms with Crippen molar-refractivity contribution in [1.29, 1.82) is 0 Å². The van der Waals surface area contributed by atoms with Crippen molar-refractivity contribution in [1.82, 2.24) is 0 Å². The Kier molecular flexibility index (Phi) is 7.30. The summed E-state index contributed by atoms with van der Waals surface area (Å²) in [6.45, 7) is 2.10. The van der Waals surface area contributed by atoms with Crippen LogP contribution in [-0.4, -0.2) is 17.8 Å². The predicted octanol–water partition coefficient (Wildman–Crippen LogP) is 6.98. The highest BCUT2D eigenvalue weighted by molar-refractivity contribution is 6.56. The van der Waals surface area contributed by atoms with Gasteiger partial charge < -0.3 is 4.74 Å². The van der Waals surface area contributed by atoms with Crippen LogP contribution in [0.2, 0.25) is 20.1 Å². The van der Waals surface area contributed by atoms with E-state index in [2.05, 4.69) is 6.92 Å². The van der Waals surface area contributed by atoms with Crippen molar-refractivity contribution in [3.05, 3.63) is 55.5 Å². The molecule has 0 aliphatic carbocycles. The van der Waals surface area contributed by atoms with E-state index in [1.54, 1.807) is 0 Å². The number of benzene rings is 2. The number of halogens is 4. The minimum atomic E-state index is -0.666. The van der Waals surface area contributed by atoms with E-state index < -0.39 is 11.8 Å². The number of nitrogens with zero attached hydrogens (tertiary/aromatic N) is 1. The average Bonchev–Trinajstić information content (AvgIpc) is 2.99. The van der Waals surface area contributed by atoms with Crippen molar-refractivity contribution in [3.8, 4) is 5.75 Å². The Morgan fingerprint density at radius 3 is 1.87 bits per heavy atom. The van der Waals surface area contributed by atoms with Crippen molar-refractivity contribution in [2.45, 2.75) is 39.0 Å². The van der Waals surface area contributed by atoms with E-state index in [0.717, 1.165) is 30.6 Å². The van der Waals surface area contributed by atoms with E-state index in [0.29, 0.717) is 12.2 Å². The molecule has 0 fully saturated rings. The highest BCUT2D eigenvalue weighted by atomic mass is 35.5. The molecule has 5 nitrogen and oxygen atoms in total. The number of hydrogen-bond acceptors (Lipinski definition) is 4. The van der Waals surface area contributed by atoms with Gasteiger partial charge in [0, 0.05) is 6.42 Å². The van der Waals surface area contributed by atoms with Gasteiger partial charge in [0.2, 0.25) is 0 Å². The molecule has 30 heavy (non-hydrogen) atoms. The van der Waals surface area contributed by atoms with Crippen LogP contribution in [0.4, 0.5) is 5.69 Å². The largest absolute Gasteiger partial charge is 0.427 e. The topological polar surface area (TPSA) is 63.7 Å². The third-order valence-corrected chi connectivity index (χ3v) is 6.46. The van der Waals surface area contributed by atoms with Crippen LogP contribution in [0.3, 0.4) is 0 Å². The van der Waals surface area contributed by atoms with Crippen molar-refractivity contribution in [2.75, 3.05) is 4.90 Å². The summed E-state index contributed by atoms with van der Waals surface area (Å²) >= 11 is 24.3. The third kappa shape index (κ3) is 4.30. The van der Waals surface area contributed by atoms with E-state index in [-0.39, 0.29) is 42.9 Å². The quantitative estimate of drug-likeness (QED) is 0.105. The van der Waals surface area contributed by atoms with E-state index in [4.69, 9.17) is 51.1 Å². The molecule has 1 aliphatic heterocycles. The standard InChI is InChI=1S/C21H17Cl4NO4/c1-2-3-4-5-6-13(27)30-12-9-7-11(8-10-12)26-20(28)14-15(21(26)29)17(23)19(25)18(24)16(14)22/h7-10H,2-6H2,1H3. The van der Waals surface area contributed by atoms with Crippen molar-refractivity contribution in [3.63, 3.8) is 0 Å². The Labute approximate surface area is 193 Å². The molecule has 0 radical (unpaired) electrons. The zero-order valence-electron chi connectivity index (χ0n) is 15.9. The van der Waals surface area contributed by atoms with Crippen LogP contribution in [0.5, 0.6) is 5.75 Å². The first-order valence-electron chi connectivity index (χ1n) is 9.33. The number of hydrogen-bond donors (Lipinski definition) is 0. The molecule has 0 saturated heterocycles. The molecule has 158 valence electrons. The summed E-state index contributed by atoms with van der Waals surface area (Å²) in [6, 6.07) is 6.00. The van der Waals surface area contributed by atoms with Crippen LogP contribution < -0.4 is 9.64 Å². The molecular formula is C21H17Cl4NO4. The Morgan fingerprint density at radius 2 is 1.37 bits per heavy atom. The van der Waals surface area contributed by atoms with Gasteiger partial charge in [0.15, 0.2) is 0 Å². The number of fused-ring (bicyclic) bond motifs is 1. The molecule has 2 aromatic rings. The van der Waals surface area contributed by atoms with Gasteiger partial charge in [0.25, 0.3) is 11.8 Å². The van der Waals surface area contributed by atoms with Gasteiger partial charge in [-0.1, -0.05) is 72.6 Å². The zero-order valence-corrected chi connectivity index (χ0v) is 19.0. The molecule has 0 aromatic heterocycles. The van der Waals surface area contributed by atoms with Gasteiger partial charge in [0.1, 0.15) is 5.75 Å². The number of anilines is 1. The Bertz CT molecular complexity index is 974. The molecular weight excluding hydrogens is 472 g/mol. The molecule has 1 aliphatic rings. The van der Waals surface area contributed by atoms with Crippen LogP contribution in [-0.2, 0) is 4.79 Å². The van der Waals surface area contributed by atoms with Gasteiger partial charge >= 0.3 is 5.97 Å². The number of carbonyl (C=O) groups is 3. The number of esters is 1. The third-order valence-electron chi connectivity index (χ3n) is 4.66. The van der Waals surface area contributed by atoms with E-state index in [1.807, 2.05) is 0 Å². The van der Waals surface area contributed by atoms with Crippen LogP contribution in [0.15, 0.2) is 24.3 Å². The second-order valence-electron chi connectivity index (χ2n) is 6.73. The Hall–Kier alpha value is -1.79. The van der Waals surface area contributed by atoms with Gasteiger partial charge in [-0.3, -0.25) is 14.4 Å². The first-order valence-corrected chi connectivity index (χ1v) is 10.8. The van der Waals surface area contributed by atoms with E-state index in [1.165, 1.54) is 24.3 Å². The average molecular weight is 489 g/mol. The molecule has 0 atom stereocenters. The van der Waals surface area contributed by atoms with Gasteiger partial charge in [0.05, 0.1) is 36.9 Å². The number of ether oxygens (including phenoxy) is 1. The van der Waals surface area contributed by atoms with E-state index in [9.17, 15) is 14.4 Å². The predicted molar refractivity (Wildman–Crippen MR) is 118 cm³/mol. The summed E-state index contributed by atoms with van der Waals surface area (Å²) in [5.41, 5.74) is 0.0793. The fourth-order valence-electron chi connectivity index (χ4n) is 3.13. The summed E-state index contributed by atoms with van der Waals surface area (Å²) in [5.74, 6) is -1.34. The molecule has 0 unspecified atom stereocenters. The van der Waals surface area contributed by atoms with Crippen molar-refractivity contribution in [2.24, 2.45) is 0 Å². The van der Waals surface area contributed by atoms with E-state index >= 15 is 0 Å². The van der Waals surface area contributed by atoms with Crippen LogP contribution in [0.1, 0.15) is 59.7 Å². The number of amides is 2. The lowest BCUT2D eigenvalue weighted by atomic mass is 10.1. The second-order valence-corrected chi connectivity index (χ2v) is 8.24. The second kappa shape index (κ2) is 9.56. The summed E-state index contributed by atoms with van der Waals surface area (Å²) in [7, 11) is 0. The van der Waals surface area contributed by atoms with Gasteiger partial charge in [-0.05, 0) is 30.7 Å². The fourth-order valence-corrected chi connectivity index (χ4v) is 4.14. The Morgan fingerprint density at radius 1 is 0.833 bits per heavy atom. The van der Waals surface area contributed by atoms with Crippen molar-refractivity contribution < 1.29 is 19.1 Å². The molecule has 1 heterocycles. The first kappa shape index (κ1) is 22.9. The van der Waals surface area contributed by atoms with Crippen LogP contribution >= 0.6 is 46.4 Å². The minimum absolute atomic E-state index is 0.0914. The maximum absolute atomic E-state index is 12.9. The number of imide groups is 1. The minimum Gasteiger partial charge on any atom is -0.427 e. The molecule has 2 amide bonds. The number of unbranched alkanes of at least 4 members (excludes halogenated alkanes) is 3. The lowest BCUT2D eigenvalue weighted by Crippen LogP contribution is -2.29. The van der Waals surface area contributed by atoms with Crippen molar-refractivity contribution >= 4 is 69.9 Å². The summed E-state index contributed by atoms with van der Waals surface area (Å²) in [4.78, 5) is 38.5. The molecule has 3 rings (SSSR count). The normalized spacial score (nSPS) is 13.0. The molecule has 0 saturated carbocycles. The highest BCUT2D eigenvalue weighted by Crippen LogP contribution is 2.45. The zero-order chi connectivity index (χ0) is 22.0. The number of carbonyl (C=O) groups excluding carboxylic acids is 3. The lowest BCUT2D eigenvalue weighted by Gasteiger charge is -2.14. The van der Waals surface area contributed by atoms with Gasteiger partial charge in [-0.15, -0.1) is 0 Å². The molecule has 0 bridgehead atoms. The molecule has 0 spiro atoms. The maximum Gasteiger partial charge on any atom is 0.311 e. The molecule has 0 N–H and O–H groups in total. The van der Waals surface area contributed by atoms with Gasteiger partial charge in [-0.2, -0.15) is 0 Å². The summed E-state index contributed by atoms with van der Waals surface area (Å²) in [5, 5.41) is -0.441. The number of rotatable bonds is 7. The van der Waals surface area contributed by atoms with Crippen LogP contribution in [0, 0.1) is 0 Å². The highest BCUT2D eigenvalue weighted by Gasteiger charge is 2.42. The lowest BCUT2D eigenvalue weighted by molar-refractivity contribution is -0.134. The summed E-state index contributed by atoms with van der Waals surface area (Å²) < 4.78 is 5.29. The maximum atomic E-state index is 12.9. The smallest absolute Gasteiger partial charge is 0.311 e. The SMILES string of the molecule is CCCCCCC(=O)Oc1ccc(N2C(=O)c3c(Cl)c(Cl)c(Cl)c(Cl)c3C2=O)cc1. The molecule has 9 heteroatoms. The first-order chi connectivity index (χ1) is 14.3. The van der Waals surface area contributed by atoms with Gasteiger partial charge in [-0.25, -0.2) is 4.90 Å². The Balaban J connectivity index is 1.78. The van der Waals surface area contributed by atoms with Crippen LogP contribution in [0.25, 0.3) is 0 Å².